The molecule has 0 N–H and O–H groups in total. The van der Waals surface area contributed by atoms with E-state index in [2.05, 4.69) is 16.1 Å². The summed E-state index contributed by atoms with van der Waals surface area (Å²) >= 11 is 0. The van der Waals surface area contributed by atoms with Crippen LogP contribution < -0.4 is 0 Å². The lowest BCUT2D eigenvalue weighted by molar-refractivity contribution is 0.719. The molecule has 18 heavy (non-hydrogen) atoms. The fourth-order valence-corrected chi connectivity index (χ4v) is 3.61. The largest absolute Gasteiger partial charge is 0.0906 e. The van der Waals surface area contributed by atoms with Crippen molar-refractivity contribution in [3.8, 4) is 0 Å². The Balaban J connectivity index is 2.04. The second-order valence-corrected chi connectivity index (χ2v) is 5.60. The Kier molecular flexibility index (Phi) is 3.00. The second-order valence-electron chi connectivity index (χ2n) is 5.60. The predicted octanol–water partition coefficient (Wildman–Crippen LogP) is 3.91. The lowest BCUT2D eigenvalue weighted by Gasteiger charge is -2.16. The average molecular weight is 241 g/mol. The smallest absolute Gasteiger partial charge is 0.0386 e. The first-order valence-corrected chi connectivity index (χ1v) is 6.99. The van der Waals surface area contributed by atoms with Crippen LogP contribution in [0.4, 0.5) is 0 Å². The van der Waals surface area contributed by atoms with Gasteiger partial charge in [0.15, 0.2) is 0 Å². The van der Waals surface area contributed by atoms with Gasteiger partial charge in [-0.25, -0.2) is 0 Å². The highest BCUT2D eigenvalue weighted by Gasteiger charge is 2.24. The van der Waals surface area contributed by atoms with Crippen LogP contribution in [0.1, 0.15) is 47.6 Å². The number of fused-ring (bicyclic) bond motifs is 2. The summed E-state index contributed by atoms with van der Waals surface area (Å²) in [7, 11) is 0. The highest BCUT2D eigenvalue weighted by Crippen LogP contribution is 2.35. The summed E-state index contributed by atoms with van der Waals surface area (Å²) < 4.78 is 0. The number of benzene rings is 1. The Hall–Kier alpha value is -1.47. The van der Waals surface area contributed by atoms with Gasteiger partial charge in [0.1, 0.15) is 0 Å². The molecule has 0 saturated heterocycles. The van der Waals surface area contributed by atoms with Crippen LogP contribution in [-0.2, 0) is 32.1 Å². The van der Waals surface area contributed by atoms with E-state index < -0.39 is 0 Å². The van der Waals surface area contributed by atoms with Gasteiger partial charge in [-0.15, -0.1) is 0 Å². The Morgan fingerprint density at radius 3 is 2.33 bits per heavy atom. The van der Waals surface area contributed by atoms with Crippen LogP contribution in [0, 0.1) is 0 Å². The number of hydrogen-bond donors (Lipinski definition) is 0. The maximum Gasteiger partial charge on any atom is 0.0386 e. The highest BCUT2D eigenvalue weighted by atomic mass is 15.1. The molecular weight excluding hydrogens is 222 g/mol. The maximum atomic E-state index is 8.56. The van der Waals surface area contributed by atoms with Gasteiger partial charge in [-0.05, 0) is 78.3 Å². The van der Waals surface area contributed by atoms with Gasteiger partial charge in [0.05, 0.1) is 0 Å². The molecule has 1 aromatic rings. The molecule has 0 aliphatic heterocycles. The van der Waals surface area contributed by atoms with Crippen LogP contribution in [0.15, 0.2) is 11.2 Å². The molecule has 94 valence electrons. The number of nitrogens with zero attached hydrogens (tertiary/aromatic N) is 3. The normalized spacial score (nSPS) is 18.1. The van der Waals surface area contributed by atoms with Gasteiger partial charge in [-0.3, -0.25) is 0 Å². The number of hydrogen-bond acceptors (Lipinski definition) is 1. The van der Waals surface area contributed by atoms with E-state index in [1.807, 2.05) is 6.92 Å². The molecule has 1 aromatic carbocycles. The van der Waals surface area contributed by atoms with Crippen LogP contribution in [0.2, 0.25) is 0 Å². The molecule has 0 amide bonds. The van der Waals surface area contributed by atoms with Crippen LogP contribution in [0.5, 0.6) is 0 Å². The quantitative estimate of drug-likeness (QED) is 0.438. The van der Waals surface area contributed by atoms with E-state index in [-0.39, 0.29) is 6.04 Å². The van der Waals surface area contributed by atoms with Gasteiger partial charge in [-0.2, -0.15) is 0 Å². The van der Waals surface area contributed by atoms with Crippen molar-refractivity contribution in [2.75, 3.05) is 0 Å². The SMILES string of the molecule is CC(Cc1c2c(cc3c1CCC3)CCC2)N=[N+]=[N-]. The van der Waals surface area contributed by atoms with E-state index in [0.717, 1.165) is 6.42 Å². The van der Waals surface area contributed by atoms with Crippen molar-refractivity contribution >= 4 is 0 Å². The molecule has 3 heteroatoms. The first-order valence-electron chi connectivity index (χ1n) is 6.99. The molecule has 0 fully saturated rings. The molecule has 0 bridgehead atoms. The number of rotatable bonds is 3. The minimum absolute atomic E-state index is 0.0757. The molecule has 3 rings (SSSR count). The summed E-state index contributed by atoms with van der Waals surface area (Å²) in [6.07, 6.45) is 8.44. The molecule has 0 aromatic heterocycles. The summed E-state index contributed by atoms with van der Waals surface area (Å²) in [5.74, 6) is 0. The molecular formula is C15H19N3. The van der Waals surface area contributed by atoms with Crippen LogP contribution in [0.3, 0.4) is 0 Å². The van der Waals surface area contributed by atoms with Gasteiger partial charge in [0, 0.05) is 11.0 Å². The van der Waals surface area contributed by atoms with Gasteiger partial charge < -0.3 is 0 Å². The van der Waals surface area contributed by atoms with Crippen molar-refractivity contribution in [3.05, 3.63) is 44.3 Å². The van der Waals surface area contributed by atoms with E-state index in [9.17, 15) is 0 Å². The third kappa shape index (κ3) is 1.89. The topological polar surface area (TPSA) is 48.8 Å². The lowest BCUT2D eigenvalue weighted by Crippen LogP contribution is -2.08. The Bertz CT molecular complexity index is 495. The monoisotopic (exact) mass is 241 g/mol. The van der Waals surface area contributed by atoms with Crippen molar-refractivity contribution in [1.29, 1.82) is 0 Å². The fourth-order valence-electron chi connectivity index (χ4n) is 3.61. The minimum Gasteiger partial charge on any atom is -0.0906 e. The van der Waals surface area contributed by atoms with Crippen molar-refractivity contribution in [1.82, 2.24) is 0 Å². The van der Waals surface area contributed by atoms with Crippen molar-refractivity contribution in [2.24, 2.45) is 5.11 Å². The number of aryl methyl sites for hydroxylation is 2. The second kappa shape index (κ2) is 4.66. The predicted molar refractivity (Wildman–Crippen MR) is 72.8 cm³/mol. The van der Waals surface area contributed by atoms with E-state index in [1.54, 1.807) is 22.3 Å². The zero-order chi connectivity index (χ0) is 12.5. The zero-order valence-electron chi connectivity index (χ0n) is 10.9. The van der Waals surface area contributed by atoms with Crippen LogP contribution in [-0.4, -0.2) is 6.04 Å². The van der Waals surface area contributed by atoms with Crippen LogP contribution >= 0.6 is 0 Å². The van der Waals surface area contributed by atoms with E-state index in [1.165, 1.54) is 44.1 Å². The summed E-state index contributed by atoms with van der Waals surface area (Å²) in [6.45, 7) is 2.02. The standard InChI is InChI=1S/C15H19N3/c1-10(17-18-16)8-15-13-6-2-4-11(13)9-12-5-3-7-14(12)15/h9-10H,2-8H2,1H3. The van der Waals surface area contributed by atoms with Gasteiger partial charge in [0.25, 0.3) is 0 Å². The van der Waals surface area contributed by atoms with Gasteiger partial charge >= 0.3 is 0 Å². The molecule has 0 heterocycles. The summed E-state index contributed by atoms with van der Waals surface area (Å²) in [5.41, 5.74) is 16.4. The molecule has 1 atom stereocenters. The van der Waals surface area contributed by atoms with E-state index in [0.29, 0.717) is 0 Å². The zero-order valence-corrected chi connectivity index (χ0v) is 10.9. The summed E-state index contributed by atoms with van der Waals surface area (Å²) in [6, 6.07) is 2.53. The van der Waals surface area contributed by atoms with Gasteiger partial charge in [-0.1, -0.05) is 18.1 Å². The molecule has 3 nitrogen and oxygen atoms in total. The molecule has 0 radical (unpaired) electrons. The van der Waals surface area contributed by atoms with Crippen molar-refractivity contribution in [3.63, 3.8) is 0 Å². The fraction of sp³-hybridized carbons (Fsp3) is 0.600. The Morgan fingerprint density at radius 1 is 1.17 bits per heavy atom. The molecule has 0 spiro atoms. The van der Waals surface area contributed by atoms with E-state index >= 15 is 0 Å². The van der Waals surface area contributed by atoms with Gasteiger partial charge in [0.2, 0.25) is 0 Å². The Labute approximate surface area is 108 Å². The first kappa shape index (κ1) is 11.6. The third-order valence-electron chi connectivity index (χ3n) is 4.35. The lowest BCUT2D eigenvalue weighted by atomic mass is 9.90. The molecule has 0 saturated carbocycles. The number of azide groups is 1. The molecule has 2 aliphatic carbocycles. The van der Waals surface area contributed by atoms with Crippen molar-refractivity contribution in [2.45, 2.75) is 57.9 Å². The van der Waals surface area contributed by atoms with E-state index in [4.69, 9.17) is 5.53 Å². The maximum absolute atomic E-state index is 8.56. The van der Waals surface area contributed by atoms with Crippen LogP contribution in [0.25, 0.3) is 10.4 Å². The minimum atomic E-state index is 0.0757. The van der Waals surface area contributed by atoms with Crippen molar-refractivity contribution < 1.29 is 0 Å². The third-order valence-corrected chi connectivity index (χ3v) is 4.35. The summed E-state index contributed by atoms with van der Waals surface area (Å²) in [5, 5.41) is 3.85. The average Bonchev–Trinajstić information content (AvgIpc) is 2.96. The summed E-state index contributed by atoms with van der Waals surface area (Å²) in [4.78, 5) is 2.94. The molecule has 1 unspecified atom stereocenters. The Morgan fingerprint density at radius 2 is 1.78 bits per heavy atom. The first-order chi connectivity index (χ1) is 8.79. The molecule has 2 aliphatic rings. The highest BCUT2D eigenvalue weighted by molar-refractivity contribution is 5.50.